The van der Waals surface area contributed by atoms with Gasteiger partial charge in [-0.3, -0.25) is 0 Å². The molecule has 0 saturated heterocycles. The van der Waals surface area contributed by atoms with Crippen molar-refractivity contribution in [3.05, 3.63) is 51.7 Å². The Kier molecular flexibility index (Phi) is 3.96. The van der Waals surface area contributed by atoms with E-state index in [1.54, 1.807) is 6.20 Å². The summed E-state index contributed by atoms with van der Waals surface area (Å²) in [5.74, 6) is 1.37. The lowest BCUT2D eigenvalue weighted by Gasteiger charge is -2.07. The maximum atomic E-state index is 5.75. The molecule has 1 atom stereocenters. The second-order valence-electron chi connectivity index (χ2n) is 3.78. The van der Waals surface area contributed by atoms with E-state index >= 15 is 0 Å². The van der Waals surface area contributed by atoms with Gasteiger partial charge in [-0.15, -0.1) is 0 Å². The molecular formula is C13H13IN2O. The molecule has 0 aliphatic carbocycles. The van der Waals surface area contributed by atoms with Gasteiger partial charge in [0.1, 0.15) is 5.75 Å². The quantitative estimate of drug-likeness (QED) is 0.870. The first kappa shape index (κ1) is 12.3. The fraction of sp³-hybridized carbons (Fsp3) is 0.154. The Morgan fingerprint density at radius 1 is 1.29 bits per heavy atom. The van der Waals surface area contributed by atoms with Crippen LogP contribution in [0.4, 0.5) is 0 Å². The summed E-state index contributed by atoms with van der Waals surface area (Å²) < 4.78 is 6.77. The molecule has 2 aromatic rings. The summed E-state index contributed by atoms with van der Waals surface area (Å²) in [6, 6.07) is 11.6. The molecule has 0 aliphatic rings. The summed E-state index contributed by atoms with van der Waals surface area (Å²) in [4.78, 5) is 4.22. The Morgan fingerprint density at radius 3 is 2.71 bits per heavy atom. The predicted molar refractivity (Wildman–Crippen MR) is 76.1 cm³/mol. The summed E-state index contributed by atoms with van der Waals surface area (Å²) in [6.07, 6.45) is 1.74. The number of hydrogen-bond donors (Lipinski definition) is 1. The van der Waals surface area contributed by atoms with E-state index in [0.29, 0.717) is 5.88 Å². The summed E-state index contributed by atoms with van der Waals surface area (Å²) >= 11 is 2.25. The minimum atomic E-state index is -0.00535. The molecule has 0 saturated carbocycles. The van der Waals surface area contributed by atoms with Crippen molar-refractivity contribution >= 4 is 22.6 Å². The van der Waals surface area contributed by atoms with E-state index in [-0.39, 0.29) is 6.04 Å². The van der Waals surface area contributed by atoms with Gasteiger partial charge in [0, 0.05) is 21.9 Å². The number of pyridine rings is 1. The zero-order valence-corrected chi connectivity index (χ0v) is 11.6. The monoisotopic (exact) mass is 340 g/mol. The first-order chi connectivity index (χ1) is 8.15. The van der Waals surface area contributed by atoms with Crippen LogP contribution < -0.4 is 10.5 Å². The highest BCUT2D eigenvalue weighted by atomic mass is 127. The van der Waals surface area contributed by atoms with Crippen LogP contribution in [0.1, 0.15) is 18.5 Å². The fourth-order valence-electron chi connectivity index (χ4n) is 1.37. The number of rotatable bonds is 3. The minimum absolute atomic E-state index is 0.00535. The first-order valence-electron chi connectivity index (χ1n) is 5.30. The van der Waals surface area contributed by atoms with Gasteiger partial charge in [0.05, 0.1) is 0 Å². The van der Waals surface area contributed by atoms with Gasteiger partial charge in [-0.25, -0.2) is 4.98 Å². The highest BCUT2D eigenvalue weighted by Crippen LogP contribution is 2.21. The van der Waals surface area contributed by atoms with Crippen molar-refractivity contribution < 1.29 is 4.74 Å². The largest absolute Gasteiger partial charge is 0.439 e. The lowest BCUT2D eigenvalue weighted by atomic mass is 10.2. The summed E-state index contributed by atoms with van der Waals surface area (Å²) in [6.45, 7) is 1.93. The SMILES string of the molecule is C[C@@H](N)c1ccc(Oc2cccc(I)c2)nc1. The molecule has 0 spiro atoms. The number of benzene rings is 1. The van der Waals surface area contributed by atoms with Gasteiger partial charge in [0.15, 0.2) is 0 Å². The molecular weight excluding hydrogens is 327 g/mol. The highest BCUT2D eigenvalue weighted by Gasteiger charge is 2.02. The van der Waals surface area contributed by atoms with Crippen LogP contribution in [-0.2, 0) is 0 Å². The second kappa shape index (κ2) is 5.46. The smallest absolute Gasteiger partial charge is 0.219 e. The molecule has 2 rings (SSSR count). The van der Waals surface area contributed by atoms with Crippen molar-refractivity contribution in [1.82, 2.24) is 4.98 Å². The molecule has 1 aromatic heterocycles. The average molecular weight is 340 g/mol. The van der Waals surface area contributed by atoms with Crippen LogP contribution >= 0.6 is 22.6 Å². The number of halogens is 1. The molecule has 17 heavy (non-hydrogen) atoms. The molecule has 88 valence electrons. The second-order valence-corrected chi connectivity index (χ2v) is 5.02. The van der Waals surface area contributed by atoms with E-state index in [2.05, 4.69) is 27.6 Å². The van der Waals surface area contributed by atoms with E-state index in [4.69, 9.17) is 10.5 Å². The highest BCUT2D eigenvalue weighted by molar-refractivity contribution is 14.1. The normalized spacial score (nSPS) is 12.2. The molecule has 0 bridgehead atoms. The maximum Gasteiger partial charge on any atom is 0.219 e. The molecule has 3 nitrogen and oxygen atoms in total. The van der Waals surface area contributed by atoms with Crippen LogP contribution in [0, 0.1) is 3.57 Å². The van der Waals surface area contributed by atoms with Gasteiger partial charge >= 0.3 is 0 Å². The standard InChI is InChI=1S/C13H13IN2O/c1-9(15)10-5-6-13(16-8-10)17-12-4-2-3-11(14)7-12/h2-9H,15H2,1H3/t9-/m1/s1. The lowest BCUT2D eigenvalue weighted by Crippen LogP contribution is -2.05. The first-order valence-corrected chi connectivity index (χ1v) is 6.38. The molecule has 0 unspecified atom stereocenters. The van der Waals surface area contributed by atoms with E-state index in [1.165, 1.54) is 0 Å². The number of aromatic nitrogens is 1. The van der Waals surface area contributed by atoms with Gasteiger partial charge in [0.25, 0.3) is 0 Å². The summed E-state index contributed by atoms with van der Waals surface area (Å²) in [5.41, 5.74) is 6.75. The Bertz CT molecular complexity index is 497. The Morgan fingerprint density at radius 2 is 2.12 bits per heavy atom. The number of nitrogens with two attached hydrogens (primary N) is 1. The number of hydrogen-bond acceptors (Lipinski definition) is 3. The van der Waals surface area contributed by atoms with Crippen molar-refractivity contribution in [2.75, 3.05) is 0 Å². The van der Waals surface area contributed by atoms with E-state index < -0.39 is 0 Å². The molecule has 1 aromatic carbocycles. The van der Waals surface area contributed by atoms with E-state index in [0.717, 1.165) is 14.9 Å². The minimum Gasteiger partial charge on any atom is -0.439 e. The van der Waals surface area contributed by atoms with Gasteiger partial charge < -0.3 is 10.5 Å². The Hall–Kier alpha value is -1.14. The van der Waals surface area contributed by atoms with Crippen molar-refractivity contribution in [3.8, 4) is 11.6 Å². The van der Waals surface area contributed by atoms with Gasteiger partial charge in [0.2, 0.25) is 5.88 Å². The number of ether oxygens (including phenoxy) is 1. The van der Waals surface area contributed by atoms with Gasteiger partial charge in [-0.1, -0.05) is 12.1 Å². The van der Waals surface area contributed by atoms with E-state index in [9.17, 15) is 0 Å². The fourth-order valence-corrected chi connectivity index (χ4v) is 1.89. The molecule has 0 radical (unpaired) electrons. The third-order valence-corrected chi connectivity index (χ3v) is 2.97. The summed E-state index contributed by atoms with van der Waals surface area (Å²) in [5, 5.41) is 0. The predicted octanol–water partition coefficient (Wildman–Crippen LogP) is 3.50. The maximum absolute atomic E-state index is 5.75. The van der Waals surface area contributed by atoms with Crippen molar-refractivity contribution in [2.45, 2.75) is 13.0 Å². The molecule has 2 N–H and O–H groups in total. The van der Waals surface area contributed by atoms with Crippen LogP contribution in [-0.4, -0.2) is 4.98 Å². The third-order valence-electron chi connectivity index (χ3n) is 2.30. The molecule has 0 fully saturated rings. The zero-order chi connectivity index (χ0) is 12.3. The van der Waals surface area contributed by atoms with E-state index in [1.807, 2.05) is 43.3 Å². The van der Waals surface area contributed by atoms with Crippen LogP contribution in [0.3, 0.4) is 0 Å². The average Bonchev–Trinajstić information content (AvgIpc) is 2.29. The van der Waals surface area contributed by atoms with Crippen molar-refractivity contribution in [1.29, 1.82) is 0 Å². The van der Waals surface area contributed by atoms with Gasteiger partial charge in [-0.2, -0.15) is 0 Å². The van der Waals surface area contributed by atoms with Crippen LogP contribution in [0.15, 0.2) is 42.6 Å². The third kappa shape index (κ3) is 3.41. The van der Waals surface area contributed by atoms with Gasteiger partial charge in [-0.05, 0) is 53.3 Å². The van der Waals surface area contributed by atoms with Crippen molar-refractivity contribution in [2.24, 2.45) is 5.73 Å². The molecule has 4 heteroatoms. The number of nitrogens with zero attached hydrogens (tertiary/aromatic N) is 1. The zero-order valence-electron chi connectivity index (χ0n) is 9.43. The van der Waals surface area contributed by atoms with Crippen LogP contribution in [0.5, 0.6) is 11.6 Å². The van der Waals surface area contributed by atoms with Crippen LogP contribution in [0.25, 0.3) is 0 Å². The molecule has 0 aliphatic heterocycles. The lowest BCUT2D eigenvalue weighted by molar-refractivity contribution is 0.462. The van der Waals surface area contributed by atoms with Crippen LogP contribution in [0.2, 0.25) is 0 Å². The molecule has 0 amide bonds. The Balaban J connectivity index is 2.14. The Labute approximate surface area is 114 Å². The topological polar surface area (TPSA) is 48.1 Å². The van der Waals surface area contributed by atoms with Crippen molar-refractivity contribution in [3.63, 3.8) is 0 Å². The summed E-state index contributed by atoms with van der Waals surface area (Å²) in [7, 11) is 0. The molecule has 1 heterocycles.